The molecule has 81 heavy (non-hydrogen) atoms. The van der Waals surface area contributed by atoms with E-state index in [1.165, 1.54) is 60.7 Å². The molecule has 4 N–H and O–H groups in total. The minimum atomic E-state index is -5.26. The Hall–Kier alpha value is -8.89. The number of sulfone groups is 1. The van der Waals surface area contributed by atoms with Crippen molar-refractivity contribution in [2.75, 3.05) is 0 Å². The zero-order chi connectivity index (χ0) is 58.1. The predicted octanol–water partition coefficient (Wildman–Crippen LogP) is 10.8. The molecule has 0 heterocycles. The molecule has 20 nitrogen and oxygen atoms in total. The fourth-order valence-corrected chi connectivity index (χ4v) is 11.5. The first-order chi connectivity index (χ1) is 38.2. The fraction of sp³-hybridized carbons (Fsp3) is 0. The predicted molar refractivity (Wildman–Crippen MR) is 289 cm³/mol. The van der Waals surface area contributed by atoms with Crippen LogP contribution in [-0.2, 0) is 50.3 Å². The molecule has 0 atom stereocenters. The van der Waals surface area contributed by atoms with Gasteiger partial charge in [0, 0.05) is 40.5 Å². The average molecular weight is 1190 g/mol. The van der Waals surface area contributed by atoms with E-state index in [2.05, 4.69) is 0 Å². The molecule has 0 saturated carbocycles. The van der Waals surface area contributed by atoms with Gasteiger partial charge in [0.05, 0.1) is 19.6 Å². The number of ether oxygens (including phenoxy) is 4. The summed E-state index contributed by atoms with van der Waals surface area (Å²) in [5.74, 6) is -3.24. The van der Waals surface area contributed by atoms with Crippen LogP contribution in [0.5, 0.6) is 46.0 Å². The van der Waals surface area contributed by atoms with Gasteiger partial charge in [-0.05, 0) is 132 Å². The van der Waals surface area contributed by atoms with E-state index in [1.807, 2.05) is 42.5 Å². The highest BCUT2D eigenvalue weighted by Crippen LogP contribution is 2.40. The normalized spacial score (nSPS) is 12.0. The van der Waals surface area contributed by atoms with Crippen molar-refractivity contribution in [3.05, 3.63) is 229 Å². The Kier molecular flexibility index (Phi) is 15.7. The lowest BCUT2D eigenvalue weighted by molar-refractivity contribution is 0.103. The monoisotopic (exact) mass is 1190 g/mol. The minimum Gasteiger partial charge on any atom is -0.457 e. The van der Waals surface area contributed by atoms with E-state index < -0.39 is 104 Å². The number of carbonyl (C=O) groups excluding carboxylic acids is 2. The van der Waals surface area contributed by atoms with Crippen LogP contribution in [0.25, 0.3) is 11.1 Å². The molecule has 0 unspecified atom stereocenters. The standard InChI is InChI=1S/C56H38O20S5/c57-55(37-8-4-10-49(28-37)78(61,62)63)39-14-26-51(53(30-39)80(67,68)69)75-45-32-44(33-46(34-45)76-52-27-15-40(31-54(52)81(70,71)72)56(58)38-9-5-11-50(29-38)79(64,65)66)74-43-20-24-48(25-21-43)77(59,60)47-22-18-42(19-23-47)73-41-16-12-36(13-17-41)35-6-2-1-3-7-35/h1-34H,(H,61,62,63)(H,64,65,66)(H,67,68,69)(H,70,71,72). The quantitative estimate of drug-likeness (QED) is 0.0432. The Balaban J connectivity index is 1.02. The number of carbonyl (C=O) groups is 2. The Morgan fingerprint density at radius 3 is 1.01 bits per heavy atom. The first kappa shape index (κ1) is 56.8. The largest absolute Gasteiger partial charge is 0.457 e. The van der Waals surface area contributed by atoms with Crippen LogP contribution in [0.15, 0.2) is 236 Å². The lowest BCUT2D eigenvalue weighted by Gasteiger charge is -2.16. The Bertz CT molecular complexity index is 4350. The maximum absolute atomic E-state index is 13.8. The summed E-state index contributed by atoms with van der Waals surface area (Å²) in [4.78, 5) is 23.5. The smallest absolute Gasteiger partial charge is 0.298 e. The number of benzene rings is 9. The average Bonchev–Trinajstić information content (AvgIpc) is 3.49. The molecule has 9 rings (SSSR count). The molecule has 9 aromatic carbocycles. The molecule has 0 spiro atoms. The van der Waals surface area contributed by atoms with Crippen LogP contribution >= 0.6 is 0 Å². The Labute approximate surface area is 463 Å². The molecular formula is C56H38O20S5. The molecule has 0 bridgehead atoms. The third-order valence-corrected chi connectivity index (χ3v) is 17.0. The van der Waals surface area contributed by atoms with Gasteiger partial charge >= 0.3 is 0 Å². The van der Waals surface area contributed by atoms with E-state index in [9.17, 15) is 69.9 Å². The van der Waals surface area contributed by atoms with Crippen LogP contribution in [0.2, 0.25) is 0 Å². The molecule has 0 aliphatic rings. The van der Waals surface area contributed by atoms with Gasteiger partial charge in [0.25, 0.3) is 40.5 Å². The summed E-state index contributed by atoms with van der Waals surface area (Å²) in [6.07, 6.45) is 0. The van der Waals surface area contributed by atoms with Crippen molar-refractivity contribution in [2.24, 2.45) is 0 Å². The first-order valence-corrected chi connectivity index (χ1v) is 30.4. The van der Waals surface area contributed by atoms with E-state index >= 15 is 0 Å². The van der Waals surface area contributed by atoms with E-state index in [0.717, 1.165) is 102 Å². The zero-order valence-electron chi connectivity index (χ0n) is 41.0. The molecule has 0 amide bonds. The summed E-state index contributed by atoms with van der Waals surface area (Å²) >= 11 is 0. The number of hydrogen-bond donors (Lipinski definition) is 4. The fourth-order valence-electron chi connectivity index (χ4n) is 7.90. The van der Waals surface area contributed by atoms with Crippen molar-refractivity contribution in [3.8, 4) is 57.1 Å². The third-order valence-electron chi connectivity index (χ3n) is 11.8. The molecule has 0 aromatic heterocycles. The van der Waals surface area contributed by atoms with E-state index in [-0.39, 0.29) is 43.9 Å². The van der Waals surface area contributed by atoms with Crippen molar-refractivity contribution < 1.29 is 88.8 Å². The van der Waals surface area contributed by atoms with Crippen LogP contribution < -0.4 is 18.9 Å². The SMILES string of the molecule is O=C(c1cccc(S(=O)(=O)O)c1)c1ccc(Oc2cc(Oc3ccc(S(=O)(=O)c4ccc(Oc5ccc(-c6ccccc6)cc5)cc4)cc3)cc(Oc3ccc(C(=O)c4cccc(S(=O)(=O)O)c4)cc3S(=O)(=O)O)c2)c(S(=O)(=O)O)c1. The Morgan fingerprint density at radius 2 is 0.630 bits per heavy atom. The van der Waals surface area contributed by atoms with E-state index in [4.69, 9.17) is 18.9 Å². The molecule has 0 aliphatic heterocycles. The summed E-state index contributed by atoms with van der Waals surface area (Å²) in [6, 6.07) is 45.0. The van der Waals surface area contributed by atoms with Gasteiger partial charge < -0.3 is 18.9 Å². The highest BCUT2D eigenvalue weighted by atomic mass is 32.2. The van der Waals surface area contributed by atoms with Gasteiger partial charge in [-0.1, -0.05) is 66.7 Å². The highest BCUT2D eigenvalue weighted by molar-refractivity contribution is 7.91. The summed E-state index contributed by atoms with van der Waals surface area (Å²) in [7, 11) is -24.2. The molecule has 0 saturated heterocycles. The van der Waals surface area contributed by atoms with Crippen molar-refractivity contribution in [1.82, 2.24) is 0 Å². The van der Waals surface area contributed by atoms with Gasteiger partial charge in [0.1, 0.15) is 55.8 Å². The zero-order valence-corrected chi connectivity index (χ0v) is 45.1. The first-order valence-electron chi connectivity index (χ1n) is 23.1. The number of hydrogen-bond acceptors (Lipinski definition) is 16. The molecule has 25 heteroatoms. The van der Waals surface area contributed by atoms with Crippen LogP contribution in [0.4, 0.5) is 0 Å². The lowest BCUT2D eigenvalue weighted by atomic mass is 10.0. The van der Waals surface area contributed by atoms with Gasteiger partial charge in [0.15, 0.2) is 11.6 Å². The van der Waals surface area contributed by atoms with Crippen LogP contribution in [-0.4, -0.2) is 71.9 Å². The van der Waals surface area contributed by atoms with Crippen molar-refractivity contribution in [1.29, 1.82) is 0 Å². The van der Waals surface area contributed by atoms with Gasteiger partial charge in [-0.25, -0.2) is 8.42 Å². The summed E-state index contributed by atoms with van der Waals surface area (Å²) < 4.78 is 190. The van der Waals surface area contributed by atoms with Crippen molar-refractivity contribution >= 4 is 61.9 Å². The van der Waals surface area contributed by atoms with E-state index in [0.29, 0.717) is 11.5 Å². The van der Waals surface area contributed by atoms with Gasteiger partial charge in [-0.3, -0.25) is 27.8 Å². The molecule has 0 radical (unpaired) electrons. The van der Waals surface area contributed by atoms with E-state index in [1.54, 1.807) is 12.1 Å². The maximum Gasteiger partial charge on any atom is 0.298 e. The van der Waals surface area contributed by atoms with Crippen LogP contribution in [0.3, 0.4) is 0 Å². The minimum absolute atomic E-state index is 0.0156. The van der Waals surface area contributed by atoms with Crippen LogP contribution in [0, 0.1) is 0 Å². The molecular weight excluding hydrogens is 1150 g/mol. The van der Waals surface area contributed by atoms with Crippen molar-refractivity contribution in [2.45, 2.75) is 29.4 Å². The lowest BCUT2D eigenvalue weighted by Crippen LogP contribution is -2.08. The number of rotatable bonds is 19. The maximum atomic E-state index is 13.8. The second-order valence-corrected chi connectivity index (χ2v) is 24.9. The number of ketones is 2. The topological polar surface area (TPSA) is 323 Å². The molecule has 9 aromatic rings. The molecule has 0 fully saturated rings. The summed E-state index contributed by atoms with van der Waals surface area (Å²) in [5, 5.41) is 0. The van der Waals surface area contributed by atoms with Crippen molar-refractivity contribution in [3.63, 3.8) is 0 Å². The second kappa shape index (κ2) is 22.3. The third kappa shape index (κ3) is 13.4. The molecule has 412 valence electrons. The van der Waals surface area contributed by atoms with Gasteiger partial charge in [-0.2, -0.15) is 33.7 Å². The van der Waals surface area contributed by atoms with Gasteiger partial charge in [-0.15, -0.1) is 0 Å². The van der Waals surface area contributed by atoms with Crippen LogP contribution in [0.1, 0.15) is 31.8 Å². The second-order valence-electron chi connectivity index (χ2n) is 17.3. The molecule has 0 aliphatic carbocycles. The highest BCUT2D eigenvalue weighted by Gasteiger charge is 2.26. The summed E-state index contributed by atoms with van der Waals surface area (Å²) in [5.41, 5.74) is 0.607. The summed E-state index contributed by atoms with van der Waals surface area (Å²) in [6.45, 7) is 0. The van der Waals surface area contributed by atoms with Gasteiger partial charge in [0.2, 0.25) is 9.84 Å². The Morgan fingerprint density at radius 1 is 0.284 bits per heavy atom.